The maximum atomic E-state index is 3.55. The monoisotopic (exact) mass is 260 g/mol. The van der Waals surface area contributed by atoms with Crippen molar-refractivity contribution in [2.24, 2.45) is 0 Å². The molecule has 1 N–H and O–H groups in total. The molecule has 2 nitrogen and oxygen atoms in total. The lowest BCUT2D eigenvalue weighted by atomic mass is 10.1. The molecule has 0 radical (unpaired) electrons. The summed E-state index contributed by atoms with van der Waals surface area (Å²) in [5, 5.41) is 3.55. The Bertz CT molecular complexity index is 387. The van der Waals surface area contributed by atoms with E-state index in [0.717, 1.165) is 6.54 Å². The van der Waals surface area contributed by atoms with E-state index in [2.05, 4.69) is 55.3 Å². The molecule has 1 heterocycles. The SMILES string of the molecule is CC(C)NCc1ccccc1N1CCCCCC1C. The number of hydrogen-bond acceptors (Lipinski definition) is 2. The third-order valence-corrected chi connectivity index (χ3v) is 4.05. The summed E-state index contributed by atoms with van der Waals surface area (Å²) in [6.45, 7) is 8.96. The van der Waals surface area contributed by atoms with Crippen molar-refractivity contribution in [3.8, 4) is 0 Å². The van der Waals surface area contributed by atoms with Gasteiger partial charge in [0.1, 0.15) is 0 Å². The van der Waals surface area contributed by atoms with Crippen LogP contribution in [-0.4, -0.2) is 18.6 Å². The molecule has 106 valence electrons. The van der Waals surface area contributed by atoms with Crippen LogP contribution in [0, 0.1) is 0 Å². The summed E-state index contributed by atoms with van der Waals surface area (Å²) in [7, 11) is 0. The van der Waals surface area contributed by atoms with E-state index in [9.17, 15) is 0 Å². The number of nitrogens with one attached hydrogen (secondary N) is 1. The summed E-state index contributed by atoms with van der Waals surface area (Å²) >= 11 is 0. The van der Waals surface area contributed by atoms with Gasteiger partial charge in [-0.25, -0.2) is 0 Å². The summed E-state index contributed by atoms with van der Waals surface area (Å²) in [5.41, 5.74) is 2.87. The van der Waals surface area contributed by atoms with Crippen molar-refractivity contribution in [2.45, 2.75) is 65.1 Å². The fraction of sp³-hybridized carbons (Fsp3) is 0.647. The van der Waals surface area contributed by atoms with Gasteiger partial charge in [0.05, 0.1) is 0 Å². The second kappa shape index (κ2) is 6.95. The van der Waals surface area contributed by atoms with Gasteiger partial charge < -0.3 is 10.2 Å². The predicted molar refractivity (Wildman–Crippen MR) is 83.7 cm³/mol. The van der Waals surface area contributed by atoms with E-state index in [4.69, 9.17) is 0 Å². The van der Waals surface area contributed by atoms with Crippen molar-refractivity contribution >= 4 is 5.69 Å². The van der Waals surface area contributed by atoms with E-state index >= 15 is 0 Å². The first kappa shape index (κ1) is 14.4. The molecule has 1 aliphatic rings. The average Bonchev–Trinajstić information content (AvgIpc) is 2.61. The molecular weight excluding hydrogens is 232 g/mol. The first-order valence-electron chi connectivity index (χ1n) is 7.76. The van der Waals surface area contributed by atoms with Gasteiger partial charge in [0, 0.05) is 30.9 Å². The molecule has 2 rings (SSSR count). The number of benzene rings is 1. The minimum Gasteiger partial charge on any atom is -0.369 e. The fourth-order valence-corrected chi connectivity index (χ4v) is 2.89. The molecule has 1 aromatic carbocycles. The van der Waals surface area contributed by atoms with Gasteiger partial charge >= 0.3 is 0 Å². The Kier molecular flexibility index (Phi) is 5.26. The number of rotatable bonds is 4. The Labute approximate surface area is 118 Å². The van der Waals surface area contributed by atoms with Crippen molar-refractivity contribution < 1.29 is 0 Å². The molecule has 0 spiro atoms. The van der Waals surface area contributed by atoms with Crippen LogP contribution in [0.5, 0.6) is 0 Å². The van der Waals surface area contributed by atoms with Gasteiger partial charge in [-0.1, -0.05) is 44.9 Å². The Morgan fingerprint density at radius 2 is 2.00 bits per heavy atom. The molecule has 1 atom stereocenters. The van der Waals surface area contributed by atoms with Crippen molar-refractivity contribution in [1.82, 2.24) is 5.32 Å². The highest BCUT2D eigenvalue weighted by atomic mass is 15.2. The van der Waals surface area contributed by atoms with Crippen LogP contribution in [-0.2, 0) is 6.54 Å². The molecular formula is C17H28N2. The zero-order valence-electron chi connectivity index (χ0n) is 12.7. The van der Waals surface area contributed by atoms with E-state index < -0.39 is 0 Å². The Hall–Kier alpha value is -1.02. The average molecular weight is 260 g/mol. The highest BCUT2D eigenvalue weighted by molar-refractivity contribution is 5.54. The lowest BCUT2D eigenvalue weighted by Gasteiger charge is -2.31. The molecule has 1 fully saturated rings. The van der Waals surface area contributed by atoms with Crippen LogP contribution >= 0.6 is 0 Å². The van der Waals surface area contributed by atoms with Crippen LogP contribution in [0.2, 0.25) is 0 Å². The topological polar surface area (TPSA) is 15.3 Å². The molecule has 2 heteroatoms. The molecule has 1 unspecified atom stereocenters. The van der Waals surface area contributed by atoms with Crippen molar-refractivity contribution in [3.05, 3.63) is 29.8 Å². The van der Waals surface area contributed by atoms with Gasteiger partial charge in [-0.15, -0.1) is 0 Å². The zero-order valence-corrected chi connectivity index (χ0v) is 12.7. The van der Waals surface area contributed by atoms with Gasteiger partial charge in [0.25, 0.3) is 0 Å². The van der Waals surface area contributed by atoms with Crippen molar-refractivity contribution in [2.75, 3.05) is 11.4 Å². The highest BCUT2D eigenvalue weighted by Crippen LogP contribution is 2.27. The Morgan fingerprint density at radius 3 is 2.79 bits per heavy atom. The molecule has 0 aromatic heterocycles. The third kappa shape index (κ3) is 3.97. The maximum absolute atomic E-state index is 3.55. The fourth-order valence-electron chi connectivity index (χ4n) is 2.89. The second-order valence-electron chi connectivity index (χ2n) is 6.06. The molecule has 1 aromatic rings. The van der Waals surface area contributed by atoms with Crippen LogP contribution in [0.3, 0.4) is 0 Å². The van der Waals surface area contributed by atoms with Crippen LogP contribution in [0.15, 0.2) is 24.3 Å². The number of anilines is 1. The minimum atomic E-state index is 0.537. The molecule has 1 aliphatic heterocycles. The first-order valence-corrected chi connectivity index (χ1v) is 7.76. The van der Waals surface area contributed by atoms with E-state index in [1.165, 1.54) is 43.5 Å². The van der Waals surface area contributed by atoms with Gasteiger partial charge in [-0.2, -0.15) is 0 Å². The lowest BCUT2D eigenvalue weighted by Crippen LogP contribution is -2.34. The van der Waals surface area contributed by atoms with Crippen LogP contribution in [0.1, 0.15) is 52.0 Å². The lowest BCUT2D eigenvalue weighted by molar-refractivity contribution is 0.581. The van der Waals surface area contributed by atoms with E-state index in [0.29, 0.717) is 12.1 Å². The summed E-state index contributed by atoms with van der Waals surface area (Å²) in [5.74, 6) is 0. The second-order valence-corrected chi connectivity index (χ2v) is 6.06. The largest absolute Gasteiger partial charge is 0.369 e. The van der Waals surface area contributed by atoms with E-state index in [1.54, 1.807) is 0 Å². The van der Waals surface area contributed by atoms with Gasteiger partial charge in [-0.05, 0) is 31.4 Å². The summed E-state index contributed by atoms with van der Waals surface area (Å²) in [6.07, 6.45) is 5.42. The number of nitrogens with zero attached hydrogens (tertiary/aromatic N) is 1. The maximum Gasteiger partial charge on any atom is 0.0414 e. The Balaban J connectivity index is 2.17. The standard InChI is InChI=1S/C17H28N2/c1-14(2)18-13-16-10-6-7-11-17(16)19-12-8-4-5-9-15(19)3/h6-7,10-11,14-15,18H,4-5,8-9,12-13H2,1-3H3. The number of hydrogen-bond donors (Lipinski definition) is 1. The Morgan fingerprint density at radius 1 is 1.21 bits per heavy atom. The summed E-state index contributed by atoms with van der Waals surface area (Å²) in [4.78, 5) is 2.62. The van der Waals surface area contributed by atoms with Crippen molar-refractivity contribution in [1.29, 1.82) is 0 Å². The number of para-hydroxylation sites is 1. The first-order chi connectivity index (χ1) is 9.18. The van der Waals surface area contributed by atoms with Gasteiger partial charge in [-0.3, -0.25) is 0 Å². The van der Waals surface area contributed by atoms with Crippen LogP contribution in [0.25, 0.3) is 0 Å². The molecule has 0 amide bonds. The predicted octanol–water partition coefficient (Wildman–Crippen LogP) is 3.95. The van der Waals surface area contributed by atoms with Gasteiger partial charge in [0.2, 0.25) is 0 Å². The molecule has 19 heavy (non-hydrogen) atoms. The van der Waals surface area contributed by atoms with Crippen LogP contribution in [0.4, 0.5) is 5.69 Å². The third-order valence-electron chi connectivity index (χ3n) is 4.05. The normalized spacial score (nSPS) is 20.6. The van der Waals surface area contributed by atoms with Gasteiger partial charge in [0.15, 0.2) is 0 Å². The highest BCUT2D eigenvalue weighted by Gasteiger charge is 2.19. The molecule has 0 saturated carbocycles. The zero-order chi connectivity index (χ0) is 13.7. The summed E-state index contributed by atoms with van der Waals surface area (Å²) < 4.78 is 0. The van der Waals surface area contributed by atoms with E-state index in [-0.39, 0.29) is 0 Å². The molecule has 0 aliphatic carbocycles. The minimum absolute atomic E-state index is 0.537. The summed E-state index contributed by atoms with van der Waals surface area (Å²) in [6, 6.07) is 10.1. The molecule has 1 saturated heterocycles. The van der Waals surface area contributed by atoms with Crippen LogP contribution < -0.4 is 10.2 Å². The van der Waals surface area contributed by atoms with E-state index in [1.807, 2.05) is 0 Å². The smallest absolute Gasteiger partial charge is 0.0414 e. The van der Waals surface area contributed by atoms with Crippen molar-refractivity contribution in [3.63, 3.8) is 0 Å². The quantitative estimate of drug-likeness (QED) is 0.881. The molecule has 0 bridgehead atoms.